The number of rotatable bonds is 6. The molecular weight excluding hydrogens is 426 g/mol. The van der Waals surface area contributed by atoms with Crippen LogP contribution in [-0.4, -0.2) is 53.4 Å². The van der Waals surface area contributed by atoms with Gasteiger partial charge in [-0.25, -0.2) is 4.79 Å². The highest BCUT2D eigenvalue weighted by molar-refractivity contribution is 7.12. The van der Waals surface area contributed by atoms with Gasteiger partial charge in [-0.2, -0.15) is 5.10 Å². The van der Waals surface area contributed by atoms with Gasteiger partial charge in [-0.3, -0.25) is 9.48 Å². The largest absolute Gasteiger partial charge is 0.497 e. The minimum Gasteiger partial charge on any atom is -0.497 e. The molecule has 3 heterocycles. The Labute approximate surface area is 191 Å². The van der Waals surface area contributed by atoms with Gasteiger partial charge in [-0.1, -0.05) is 0 Å². The molecule has 2 aromatic heterocycles. The van der Waals surface area contributed by atoms with Gasteiger partial charge in [0.2, 0.25) is 0 Å². The number of aromatic nitrogens is 2. The fourth-order valence-electron chi connectivity index (χ4n) is 4.00. The number of carbonyl (C=O) groups excluding carboxylic acids is 2. The molecule has 8 heteroatoms. The van der Waals surface area contributed by atoms with E-state index in [0.717, 1.165) is 40.3 Å². The van der Waals surface area contributed by atoms with Crippen LogP contribution in [0.4, 0.5) is 0 Å². The lowest BCUT2D eigenvalue weighted by Gasteiger charge is -2.32. The van der Waals surface area contributed by atoms with Crippen LogP contribution >= 0.6 is 11.3 Å². The van der Waals surface area contributed by atoms with E-state index in [0.29, 0.717) is 25.4 Å². The summed E-state index contributed by atoms with van der Waals surface area (Å²) in [4.78, 5) is 28.0. The number of methoxy groups -OCH3 is 1. The molecule has 0 unspecified atom stereocenters. The molecule has 0 spiro atoms. The minimum absolute atomic E-state index is 0.0868. The molecule has 1 aliphatic heterocycles. The lowest BCUT2D eigenvalue weighted by atomic mass is 10.0. The summed E-state index contributed by atoms with van der Waals surface area (Å²) in [5.41, 5.74) is 3.12. The van der Waals surface area contributed by atoms with E-state index in [1.165, 1.54) is 11.3 Å². The van der Waals surface area contributed by atoms with E-state index in [1.807, 2.05) is 52.2 Å². The summed E-state index contributed by atoms with van der Waals surface area (Å²) in [7, 11) is 1.63. The van der Waals surface area contributed by atoms with Gasteiger partial charge in [0.25, 0.3) is 5.91 Å². The van der Waals surface area contributed by atoms with E-state index >= 15 is 0 Å². The number of carbonyl (C=O) groups is 2. The molecule has 0 atom stereocenters. The maximum absolute atomic E-state index is 12.9. The van der Waals surface area contributed by atoms with Crippen molar-refractivity contribution in [1.29, 1.82) is 0 Å². The number of esters is 1. The molecule has 0 aliphatic carbocycles. The van der Waals surface area contributed by atoms with Crippen molar-refractivity contribution in [2.24, 2.45) is 0 Å². The van der Waals surface area contributed by atoms with E-state index in [4.69, 9.17) is 9.47 Å². The highest BCUT2D eigenvalue weighted by Crippen LogP contribution is 2.31. The van der Waals surface area contributed by atoms with Gasteiger partial charge in [0.05, 0.1) is 30.3 Å². The Morgan fingerprint density at radius 2 is 1.88 bits per heavy atom. The Kier molecular flexibility index (Phi) is 6.60. The van der Waals surface area contributed by atoms with Gasteiger partial charge in [-0.05, 0) is 74.0 Å². The zero-order valence-electron chi connectivity index (χ0n) is 18.5. The molecule has 1 aliphatic rings. The monoisotopic (exact) mass is 453 g/mol. The normalized spacial score (nSPS) is 14.4. The fraction of sp³-hybridized carbons (Fsp3) is 0.375. The number of aryl methyl sites for hydroxylation is 1. The average Bonchev–Trinajstić information content (AvgIpc) is 3.46. The quantitative estimate of drug-likeness (QED) is 0.511. The summed E-state index contributed by atoms with van der Waals surface area (Å²) in [5.74, 6) is 0.432. The summed E-state index contributed by atoms with van der Waals surface area (Å²) in [6.45, 7) is 5.35. The predicted molar refractivity (Wildman–Crippen MR) is 123 cm³/mol. The highest BCUT2D eigenvalue weighted by Gasteiger charge is 2.29. The maximum atomic E-state index is 12.9. The molecule has 1 fully saturated rings. The van der Waals surface area contributed by atoms with Crippen molar-refractivity contribution in [3.8, 4) is 17.0 Å². The Morgan fingerprint density at radius 1 is 1.16 bits per heavy atom. The molecule has 0 radical (unpaired) electrons. The van der Waals surface area contributed by atoms with E-state index in [2.05, 4.69) is 5.10 Å². The van der Waals surface area contributed by atoms with Crippen LogP contribution in [0, 0.1) is 6.92 Å². The first-order chi connectivity index (χ1) is 15.5. The molecule has 1 saturated heterocycles. The van der Waals surface area contributed by atoms with Gasteiger partial charge in [-0.15, -0.1) is 11.3 Å². The third-order valence-corrected chi connectivity index (χ3v) is 6.76. The Morgan fingerprint density at radius 3 is 2.47 bits per heavy atom. The van der Waals surface area contributed by atoms with Crippen molar-refractivity contribution < 1.29 is 19.1 Å². The number of nitrogens with zero attached hydrogens (tertiary/aromatic N) is 3. The number of piperidine rings is 1. The highest BCUT2D eigenvalue weighted by atomic mass is 32.1. The van der Waals surface area contributed by atoms with Crippen LogP contribution in [0.1, 0.15) is 51.5 Å². The lowest BCUT2D eigenvalue weighted by Crippen LogP contribution is -2.39. The van der Waals surface area contributed by atoms with Gasteiger partial charge < -0.3 is 14.4 Å². The second-order valence-corrected chi connectivity index (χ2v) is 8.68. The molecule has 4 rings (SSSR count). The maximum Gasteiger partial charge on any atom is 0.358 e. The summed E-state index contributed by atoms with van der Waals surface area (Å²) in [6.07, 6.45) is 1.53. The van der Waals surface area contributed by atoms with Crippen LogP contribution in [0.2, 0.25) is 0 Å². The number of ether oxygens (including phenoxy) is 2. The van der Waals surface area contributed by atoms with Crippen LogP contribution in [0.25, 0.3) is 11.3 Å². The van der Waals surface area contributed by atoms with Crippen molar-refractivity contribution >= 4 is 23.2 Å². The fourth-order valence-corrected chi connectivity index (χ4v) is 4.90. The second-order valence-electron chi connectivity index (χ2n) is 7.76. The molecule has 0 N–H and O–H groups in total. The second kappa shape index (κ2) is 9.56. The summed E-state index contributed by atoms with van der Waals surface area (Å²) in [5, 5.41) is 6.57. The van der Waals surface area contributed by atoms with Crippen LogP contribution < -0.4 is 4.74 Å². The van der Waals surface area contributed by atoms with Crippen LogP contribution in [-0.2, 0) is 4.74 Å². The number of benzene rings is 1. The topological polar surface area (TPSA) is 73.7 Å². The standard InChI is InChI=1S/C24H27N3O4S/c1-4-31-24(29)20-15-21(17-5-7-19(30-3)8-6-17)27(25-20)18-9-12-26(13-10-18)23(28)22-16(2)11-14-32-22/h5-8,11,14-15,18H,4,9-10,12-13H2,1-3H3. The third-order valence-electron chi connectivity index (χ3n) is 5.76. The molecule has 1 aromatic carbocycles. The molecule has 0 saturated carbocycles. The van der Waals surface area contributed by atoms with Crippen molar-refractivity contribution in [2.75, 3.05) is 26.8 Å². The summed E-state index contributed by atoms with van der Waals surface area (Å²) >= 11 is 1.49. The molecule has 168 valence electrons. The summed E-state index contributed by atoms with van der Waals surface area (Å²) < 4.78 is 12.4. The lowest BCUT2D eigenvalue weighted by molar-refractivity contribution is 0.0517. The van der Waals surface area contributed by atoms with Gasteiger partial charge in [0, 0.05) is 18.7 Å². The van der Waals surface area contributed by atoms with E-state index in [1.54, 1.807) is 20.1 Å². The Balaban J connectivity index is 1.57. The number of thiophene rings is 1. The van der Waals surface area contributed by atoms with E-state index in [-0.39, 0.29) is 11.9 Å². The molecular formula is C24H27N3O4S. The molecule has 7 nitrogen and oxygen atoms in total. The van der Waals surface area contributed by atoms with Crippen molar-refractivity contribution in [1.82, 2.24) is 14.7 Å². The SMILES string of the molecule is CCOC(=O)c1cc(-c2ccc(OC)cc2)n(C2CCN(C(=O)c3sccc3C)CC2)n1. The Hall–Kier alpha value is -3.13. The van der Waals surface area contributed by atoms with Gasteiger partial charge >= 0.3 is 5.97 Å². The minimum atomic E-state index is -0.429. The van der Waals surface area contributed by atoms with Crippen molar-refractivity contribution in [3.05, 3.63) is 57.9 Å². The first-order valence-corrected chi connectivity index (χ1v) is 11.6. The van der Waals surface area contributed by atoms with Crippen molar-refractivity contribution in [2.45, 2.75) is 32.7 Å². The number of amides is 1. The summed E-state index contributed by atoms with van der Waals surface area (Å²) in [6, 6.07) is 11.5. The molecule has 32 heavy (non-hydrogen) atoms. The smallest absolute Gasteiger partial charge is 0.358 e. The third kappa shape index (κ3) is 4.41. The zero-order chi connectivity index (χ0) is 22.7. The van der Waals surface area contributed by atoms with Crippen LogP contribution in [0.3, 0.4) is 0 Å². The zero-order valence-corrected chi connectivity index (χ0v) is 19.4. The predicted octanol–water partition coefficient (Wildman–Crippen LogP) is 4.58. The van der Waals surface area contributed by atoms with Crippen molar-refractivity contribution in [3.63, 3.8) is 0 Å². The van der Waals surface area contributed by atoms with E-state index in [9.17, 15) is 9.59 Å². The molecule has 0 bridgehead atoms. The average molecular weight is 454 g/mol. The first kappa shape index (κ1) is 22.1. The molecule has 1 amide bonds. The first-order valence-electron chi connectivity index (χ1n) is 10.8. The molecule has 3 aromatic rings. The van der Waals surface area contributed by atoms with Gasteiger partial charge in [0.1, 0.15) is 5.75 Å². The van der Waals surface area contributed by atoms with Gasteiger partial charge in [0.15, 0.2) is 5.69 Å². The van der Waals surface area contributed by atoms with E-state index < -0.39 is 5.97 Å². The van der Waals surface area contributed by atoms with Crippen LogP contribution in [0.15, 0.2) is 41.8 Å². The number of hydrogen-bond acceptors (Lipinski definition) is 6. The van der Waals surface area contributed by atoms with Crippen LogP contribution in [0.5, 0.6) is 5.75 Å². The number of likely N-dealkylation sites (tertiary alicyclic amines) is 1. The number of hydrogen-bond donors (Lipinski definition) is 0. The Bertz CT molecular complexity index is 1090.